The fraction of sp³-hybridized carbons (Fsp3) is 0.657. The molecule has 0 radical (unpaired) electrons. The van der Waals surface area contributed by atoms with E-state index >= 15 is 0 Å². The molecule has 46 heavy (non-hydrogen) atoms. The van der Waals surface area contributed by atoms with E-state index in [0.29, 0.717) is 23.8 Å². The number of aliphatic hydroxyl groups is 3. The van der Waals surface area contributed by atoms with E-state index in [0.717, 1.165) is 43.8 Å². The number of rotatable bonds is 22. The van der Waals surface area contributed by atoms with Crippen LogP contribution in [0.25, 0.3) is 0 Å². The largest absolute Gasteiger partial charge is 0.478 e. The molecule has 0 saturated carbocycles. The van der Waals surface area contributed by atoms with Crippen molar-refractivity contribution >= 4 is 23.7 Å². The maximum atomic E-state index is 12.9. The quantitative estimate of drug-likeness (QED) is 0.0732. The summed E-state index contributed by atoms with van der Waals surface area (Å²) in [4.78, 5) is 48.1. The molecule has 1 heterocycles. The van der Waals surface area contributed by atoms with Crippen molar-refractivity contribution in [1.82, 2.24) is 0 Å². The summed E-state index contributed by atoms with van der Waals surface area (Å²) in [5.74, 6) is -2.79. The van der Waals surface area contributed by atoms with Gasteiger partial charge in [-0.05, 0) is 64.2 Å². The predicted molar refractivity (Wildman–Crippen MR) is 172 cm³/mol. The van der Waals surface area contributed by atoms with Crippen LogP contribution >= 0.6 is 0 Å². The molecule has 8 atom stereocenters. The lowest BCUT2D eigenvalue weighted by atomic mass is 9.86. The number of aliphatic hydroxyl groups excluding tert-OH is 3. The summed E-state index contributed by atoms with van der Waals surface area (Å²) < 4.78 is 15.5. The average Bonchev–Trinajstić information content (AvgIpc) is 3.23. The van der Waals surface area contributed by atoms with Gasteiger partial charge in [0.2, 0.25) is 0 Å². The molecule has 1 rings (SSSR count). The second-order valence-corrected chi connectivity index (χ2v) is 12.5. The van der Waals surface area contributed by atoms with E-state index < -0.39 is 60.8 Å². The van der Waals surface area contributed by atoms with Crippen LogP contribution in [0.15, 0.2) is 47.3 Å². The third-order valence-corrected chi connectivity index (χ3v) is 8.55. The Labute approximate surface area is 273 Å². The van der Waals surface area contributed by atoms with Gasteiger partial charge in [0.25, 0.3) is 0 Å². The Morgan fingerprint density at radius 3 is 2.13 bits per heavy atom. The van der Waals surface area contributed by atoms with Crippen molar-refractivity contribution in [3.63, 3.8) is 0 Å². The van der Waals surface area contributed by atoms with E-state index in [2.05, 4.69) is 26.5 Å². The van der Waals surface area contributed by atoms with Gasteiger partial charge in [0.1, 0.15) is 23.8 Å². The van der Waals surface area contributed by atoms with Crippen LogP contribution in [0.5, 0.6) is 0 Å². The highest BCUT2D eigenvalue weighted by molar-refractivity contribution is 5.96. The van der Waals surface area contributed by atoms with Crippen LogP contribution in [-0.4, -0.2) is 81.7 Å². The van der Waals surface area contributed by atoms with E-state index in [1.807, 2.05) is 6.92 Å². The molecule has 1 aliphatic rings. The van der Waals surface area contributed by atoms with Crippen LogP contribution in [0, 0.1) is 17.8 Å². The fourth-order valence-electron chi connectivity index (χ4n) is 5.59. The van der Waals surface area contributed by atoms with Gasteiger partial charge in [-0.25, -0.2) is 9.59 Å². The fourth-order valence-corrected chi connectivity index (χ4v) is 5.59. The summed E-state index contributed by atoms with van der Waals surface area (Å²) in [7, 11) is 1.31. The Balaban J connectivity index is 2.54. The topological polar surface area (TPSA) is 177 Å². The van der Waals surface area contributed by atoms with E-state index in [-0.39, 0.29) is 23.5 Å². The second-order valence-electron chi connectivity index (χ2n) is 12.5. The summed E-state index contributed by atoms with van der Waals surface area (Å²) >= 11 is 0. The first-order chi connectivity index (χ1) is 21.5. The second kappa shape index (κ2) is 20.2. The minimum absolute atomic E-state index is 0.0671. The number of hydrogen-bond acceptors (Lipinski definition) is 10. The zero-order valence-electron chi connectivity index (χ0n) is 28.4. The summed E-state index contributed by atoms with van der Waals surface area (Å²) in [5.41, 5.74) is 1.27. The van der Waals surface area contributed by atoms with Gasteiger partial charge in [-0.2, -0.15) is 0 Å². The van der Waals surface area contributed by atoms with Crippen molar-refractivity contribution < 1.29 is 53.8 Å². The number of carboxylic acids is 1. The van der Waals surface area contributed by atoms with Gasteiger partial charge in [0.05, 0.1) is 30.3 Å². The van der Waals surface area contributed by atoms with Crippen LogP contribution < -0.4 is 0 Å². The first-order valence-electron chi connectivity index (χ1n) is 16.0. The van der Waals surface area contributed by atoms with Crippen molar-refractivity contribution in [2.24, 2.45) is 17.8 Å². The molecular formula is C35H54O11. The SMILES string of the molecule is C=C1OC(=O)C([C@H](O)CC(=O)O[C@H](C)[C@@H](OC)[C@H](O)CC(=O)[C@@H](C)C(O)CC[C@H](C)C[C@@H](C)CC/C=C(/C=C/C(=O)O)CC)=C1C. The molecule has 0 aromatic rings. The number of cyclic esters (lactones) is 1. The van der Waals surface area contributed by atoms with Crippen molar-refractivity contribution in [3.8, 4) is 0 Å². The van der Waals surface area contributed by atoms with Crippen molar-refractivity contribution in [3.05, 3.63) is 47.3 Å². The highest BCUT2D eigenvalue weighted by Gasteiger charge is 2.35. The summed E-state index contributed by atoms with van der Waals surface area (Å²) in [6.45, 7) is 14.5. The molecule has 0 spiro atoms. The molecule has 0 aromatic carbocycles. The number of Topliss-reactive ketones (excluding diaryl/α,β-unsaturated/α-hetero) is 1. The molecule has 0 fully saturated rings. The van der Waals surface area contributed by atoms with Crippen molar-refractivity contribution in [1.29, 1.82) is 0 Å². The Hall–Kier alpha value is -3.12. The number of carbonyl (C=O) groups is 4. The van der Waals surface area contributed by atoms with Gasteiger partial charge in [-0.1, -0.05) is 52.0 Å². The minimum Gasteiger partial charge on any atom is -0.478 e. The maximum Gasteiger partial charge on any atom is 0.342 e. The van der Waals surface area contributed by atoms with E-state index in [9.17, 15) is 34.5 Å². The normalized spacial score (nSPS) is 19.3. The number of esters is 2. The first kappa shape index (κ1) is 40.9. The molecule has 0 aromatic heterocycles. The molecule has 0 amide bonds. The Kier molecular flexibility index (Phi) is 18.0. The zero-order valence-corrected chi connectivity index (χ0v) is 28.4. The molecule has 260 valence electrons. The molecule has 11 heteroatoms. The standard InChI is InChI=1S/C35H54O11/c1-9-26(14-16-31(40)41)12-10-11-20(2)17-21(3)13-15-27(36)23(5)28(37)18-30(39)34(44-8)25(7)45-32(42)19-29(38)33-22(4)24(6)46-35(33)43/h12,14,16,20-21,23,25,27,29-30,34,36,38-39H,6,9-11,13,15,17-19H2,1-5,7-8H3,(H,40,41)/b16-14+,26-12+/t20-,21-,23-,25+,27?,29+,30+,34+/m0/s1. The van der Waals surface area contributed by atoms with Gasteiger partial charge in [0.15, 0.2) is 0 Å². The van der Waals surface area contributed by atoms with Gasteiger partial charge < -0.3 is 34.6 Å². The molecule has 11 nitrogen and oxygen atoms in total. The third-order valence-electron chi connectivity index (χ3n) is 8.55. The average molecular weight is 651 g/mol. The van der Waals surface area contributed by atoms with E-state index in [1.54, 1.807) is 19.9 Å². The Morgan fingerprint density at radius 1 is 0.957 bits per heavy atom. The van der Waals surface area contributed by atoms with E-state index in [1.165, 1.54) is 14.0 Å². The molecule has 0 bridgehead atoms. The lowest BCUT2D eigenvalue weighted by Gasteiger charge is -2.28. The Bertz CT molecular complexity index is 1150. The molecule has 0 saturated heterocycles. The monoisotopic (exact) mass is 650 g/mol. The lowest BCUT2D eigenvalue weighted by molar-refractivity contribution is -0.162. The first-order valence-corrected chi connectivity index (χ1v) is 16.0. The third kappa shape index (κ3) is 13.7. The minimum atomic E-state index is -1.46. The molecule has 4 N–H and O–H groups in total. The van der Waals surface area contributed by atoms with Gasteiger partial charge >= 0.3 is 17.9 Å². The van der Waals surface area contributed by atoms with E-state index in [4.69, 9.17) is 19.3 Å². The van der Waals surface area contributed by atoms with Crippen molar-refractivity contribution in [2.75, 3.05) is 7.11 Å². The number of allylic oxidation sites excluding steroid dienone is 4. The smallest absolute Gasteiger partial charge is 0.342 e. The number of aliphatic carboxylic acids is 1. The van der Waals surface area contributed by atoms with Crippen LogP contribution in [0.4, 0.5) is 0 Å². The molecule has 0 aliphatic carbocycles. The van der Waals surface area contributed by atoms with Crippen molar-refractivity contribution in [2.45, 2.75) is 123 Å². The number of carboxylic acid groups (broad SMARTS) is 1. The van der Waals surface area contributed by atoms with Gasteiger partial charge in [0, 0.05) is 31.1 Å². The molecular weight excluding hydrogens is 596 g/mol. The van der Waals surface area contributed by atoms with Crippen LogP contribution in [-0.2, 0) is 33.4 Å². The number of hydrogen-bond donors (Lipinski definition) is 4. The number of ketones is 1. The summed E-state index contributed by atoms with van der Waals surface area (Å²) in [5, 5.41) is 40.7. The van der Waals surface area contributed by atoms with Crippen LogP contribution in [0.3, 0.4) is 0 Å². The lowest BCUT2D eigenvalue weighted by Crippen LogP contribution is -2.42. The van der Waals surface area contributed by atoms with Gasteiger partial charge in [-0.3, -0.25) is 9.59 Å². The highest BCUT2D eigenvalue weighted by atomic mass is 16.6. The summed E-state index contributed by atoms with van der Waals surface area (Å²) in [6.07, 6.45) is 2.98. The number of carbonyl (C=O) groups excluding carboxylic acids is 3. The zero-order chi connectivity index (χ0) is 35.1. The van der Waals surface area contributed by atoms with Gasteiger partial charge in [-0.15, -0.1) is 0 Å². The van der Waals surface area contributed by atoms with Crippen LogP contribution in [0.2, 0.25) is 0 Å². The van der Waals surface area contributed by atoms with Crippen LogP contribution in [0.1, 0.15) is 92.9 Å². The molecule has 1 aliphatic heterocycles. The number of ether oxygens (including phenoxy) is 3. The number of methoxy groups -OCH3 is 1. The summed E-state index contributed by atoms with van der Waals surface area (Å²) in [6, 6.07) is 0. The highest BCUT2D eigenvalue weighted by Crippen LogP contribution is 2.28. The maximum absolute atomic E-state index is 12.9. The predicted octanol–water partition coefficient (Wildman–Crippen LogP) is 4.59. The Morgan fingerprint density at radius 2 is 1.59 bits per heavy atom. The molecule has 1 unspecified atom stereocenters.